The molecule has 0 amide bonds. The second kappa shape index (κ2) is 11.7. The number of para-hydroxylation sites is 1. The third kappa shape index (κ3) is 6.81. The Hall–Kier alpha value is -4.21. The molecule has 1 aliphatic rings. The van der Waals surface area contributed by atoms with E-state index < -0.39 is 17.7 Å². The summed E-state index contributed by atoms with van der Waals surface area (Å²) < 4.78 is 12.7. The summed E-state index contributed by atoms with van der Waals surface area (Å²) in [5.74, 6) is 1.23. The van der Waals surface area contributed by atoms with Gasteiger partial charge in [-0.25, -0.2) is 14.6 Å². The van der Waals surface area contributed by atoms with Crippen LogP contribution in [-0.2, 0) is 16.0 Å². The minimum absolute atomic E-state index is 0.290. The predicted octanol–water partition coefficient (Wildman–Crippen LogP) is 5.04. The summed E-state index contributed by atoms with van der Waals surface area (Å²) >= 11 is 0. The first-order valence-corrected chi connectivity index (χ1v) is 13.2. The zero-order valence-corrected chi connectivity index (χ0v) is 23.4. The van der Waals surface area contributed by atoms with Gasteiger partial charge in [-0.3, -0.25) is 9.56 Å². The molecular weight excluding hydrogens is 496 g/mol. The van der Waals surface area contributed by atoms with Crippen molar-refractivity contribution >= 4 is 35.2 Å². The van der Waals surface area contributed by atoms with Gasteiger partial charge in [0.1, 0.15) is 23.1 Å². The molecule has 3 aromatic rings. The molecule has 39 heavy (non-hydrogen) atoms. The lowest BCUT2D eigenvalue weighted by Crippen LogP contribution is -2.49. The lowest BCUT2D eigenvalue weighted by Gasteiger charge is -2.36. The highest BCUT2D eigenvalue weighted by atomic mass is 16.6. The number of hydrogen-bond donors (Lipinski definition) is 0. The van der Waals surface area contributed by atoms with Gasteiger partial charge in [0.15, 0.2) is 5.82 Å². The van der Waals surface area contributed by atoms with E-state index in [1.165, 1.54) is 4.57 Å². The van der Waals surface area contributed by atoms with E-state index >= 15 is 0 Å². The Morgan fingerprint density at radius 2 is 1.82 bits per heavy atom. The Bertz CT molecular complexity index is 1340. The highest BCUT2D eigenvalue weighted by molar-refractivity contribution is 5.96. The number of nitrogens with zero attached hydrogens (tertiary/aromatic N) is 6. The van der Waals surface area contributed by atoms with Gasteiger partial charge in [-0.1, -0.05) is 18.2 Å². The van der Waals surface area contributed by atoms with Crippen molar-refractivity contribution in [1.82, 2.24) is 14.5 Å². The SMILES string of the molecule is CCN(CC)c1ncc2c(n1)N(C(Cc1ccn(C(=O)Oc3ccccc3)c1)C(=O)OC(C)(C)C)CC(C)=N2. The summed E-state index contributed by atoms with van der Waals surface area (Å²) in [6.45, 7) is 13.4. The highest BCUT2D eigenvalue weighted by Crippen LogP contribution is 2.34. The zero-order valence-electron chi connectivity index (χ0n) is 23.4. The van der Waals surface area contributed by atoms with Gasteiger partial charge in [0.2, 0.25) is 5.95 Å². The molecule has 1 atom stereocenters. The molecule has 1 aliphatic heterocycles. The third-order valence-corrected chi connectivity index (χ3v) is 6.16. The van der Waals surface area contributed by atoms with Gasteiger partial charge in [0, 0.05) is 37.6 Å². The molecule has 0 bridgehead atoms. The van der Waals surface area contributed by atoms with Crippen LogP contribution in [0, 0.1) is 0 Å². The predicted molar refractivity (Wildman–Crippen MR) is 151 cm³/mol. The topological polar surface area (TPSA) is 102 Å². The van der Waals surface area contributed by atoms with Crippen molar-refractivity contribution in [3.05, 3.63) is 60.6 Å². The van der Waals surface area contributed by atoms with Crippen LogP contribution in [0.4, 0.5) is 22.2 Å². The average Bonchev–Trinajstić information content (AvgIpc) is 3.36. The number of esters is 1. The summed E-state index contributed by atoms with van der Waals surface area (Å²) in [6, 6.07) is 9.96. The van der Waals surface area contributed by atoms with Crippen LogP contribution in [0.2, 0.25) is 0 Å². The lowest BCUT2D eigenvalue weighted by molar-refractivity contribution is -0.156. The van der Waals surface area contributed by atoms with Crippen LogP contribution >= 0.6 is 0 Å². The first-order chi connectivity index (χ1) is 18.6. The Morgan fingerprint density at radius 1 is 1.10 bits per heavy atom. The molecule has 10 nitrogen and oxygen atoms in total. The number of benzene rings is 1. The van der Waals surface area contributed by atoms with E-state index in [2.05, 4.69) is 9.98 Å². The molecule has 0 saturated heterocycles. The fourth-order valence-corrected chi connectivity index (χ4v) is 4.36. The number of fused-ring (bicyclic) bond motifs is 1. The smallest absolute Gasteiger partial charge is 0.423 e. The van der Waals surface area contributed by atoms with Crippen LogP contribution in [0.3, 0.4) is 0 Å². The maximum Gasteiger partial charge on any atom is 0.423 e. The number of aromatic nitrogens is 3. The van der Waals surface area contributed by atoms with E-state index in [1.807, 2.05) is 57.4 Å². The molecule has 2 aromatic heterocycles. The van der Waals surface area contributed by atoms with E-state index in [1.54, 1.807) is 48.9 Å². The van der Waals surface area contributed by atoms with Crippen molar-refractivity contribution in [2.45, 2.75) is 59.6 Å². The van der Waals surface area contributed by atoms with Crippen LogP contribution in [-0.4, -0.2) is 63.6 Å². The maximum absolute atomic E-state index is 13.6. The van der Waals surface area contributed by atoms with Crippen molar-refractivity contribution in [2.75, 3.05) is 29.4 Å². The zero-order chi connectivity index (χ0) is 28.2. The minimum Gasteiger partial charge on any atom is -0.458 e. The molecular formula is C29H36N6O4. The van der Waals surface area contributed by atoms with E-state index in [-0.39, 0.29) is 12.4 Å². The second-order valence-corrected chi connectivity index (χ2v) is 10.4. The van der Waals surface area contributed by atoms with Crippen molar-refractivity contribution in [3.63, 3.8) is 0 Å². The summed E-state index contributed by atoms with van der Waals surface area (Å²) in [7, 11) is 0. The average molecular weight is 533 g/mol. The van der Waals surface area contributed by atoms with Gasteiger partial charge in [0.25, 0.3) is 0 Å². The molecule has 4 rings (SSSR count). The quantitative estimate of drug-likeness (QED) is 0.372. The van der Waals surface area contributed by atoms with Crippen LogP contribution in [0.5, 0.6) is 5.75 Å². The summed E-state index contributed by atoms with van der Waals surface area (Å²) in [5.41, 5.74) is 1.53. The van der Waals surface area contributed by atoms with Gasteiger partial charge < -0.3 is 19.3 Å². The lowest BCUT2D eigenvalue weighted by atomic mass is 10.0. The van der Waals surface area contributed by atoms with Crippen molar-refractivity contribution in [2.24, 2.45) is 4.99 Å². The Kier molecular flexibility index (Phi) is 8.32. The normalized spacial score (nSPS) is 13.8. The number of anilines is 2. The number of carbonyl (C=O) groups is 2. The highest BCUT2D eigenvalue weighted by Gasteiger charge is 2.35. The first-order valence-electron chi connectivity index (χ1n) is 13.2. The van der Waals surface area contributed by atoms with Crippen LogP contribution in [0.1, 0.15) is 47.1 Å². The van der Waals surface area contributed by atoms with Gasteiger partial charge in [-0.05, 0) is 65.3 Å². The molecule has 0 aliphatic carbocycles. The van der Waals surface area contributed by atoms with Crippen molar-refractivity contribution < 1.29 is 19.1 Å². The van der Waals surface area contributed by atoms with Gasteiger partial charge in [0.05, 0.1) is 12.7 Å². The summed E-state index contributed by atoms with van der Waals surface area (Å²) in [6.07, 6.45) is 4.76. The van der Waals surface area contributed by atoms with Crippen LogP contribution in [0.15, 0.2) is 60.0 Å². The standard InChI is InChI=1S/C29H36N6O4/c1-7-33(8-2)27-30-17-23-25(32-27)35(18-20(3)31-23)24(26(36)39-29(4,5)6)16-21-14-15-34(19-21)28(37)38-22-12-10-9-11-13-22/h9-15,17,19,24H,7-8,16,18H2,1-6H3. The number of rotatable bonds is 8. The van der Waals surface area contributed by atoms with E-state index in [9.17, 15) is 9.59 Å². The van der Waals surface area contributed by atoms with E-state index in [0.717, 1.165) is 24.4 Å². The number of carbonyl (C=O) groups excluding carboxylic acids is 2. The largest absolute Gasteiger partial charge is 0.458 e. The summed E-state index contributed by atoms with van der Waals surface area (Å²) in [5, 5.41) is 0. The van der Waals surface area contributed by atoms with E-state index in [0.29, 0.717) is 29.7 Å². The van der Waals surface area contributed by atoms with Crippen molar-refractivity contribution in [1.29, 1.82) is 0 Å². The Labute approximate surface area is 229 Å². The Balaban J connectivity index is 1.66. The minimum atomic E-state index is -0.714. The molecule has 206 valence electrons. The maximum atomic E-state index is 13.6. The molecule has 1 unspecified atom stereocenters. The van der Waals surface area contributed by atoms with Crippen molar-refractivity contribution in [3.8, 4) is 5.75 Å². The second-order valence-electron chi connectivity index (χ2n) is 10.4. The van der Waals surface area contributed by atoms with Crippen LogP contribution in [0.25, 0.3) is 0 Å². The number of hydrogen-bond acceptors (Lipinski definition) is 9. The monoisotopic (exact) mass is 532 g/mol. The molecule has 0 N–H and O–H groups in total. The molecule has 10 heteroatoms. The molecule has 3 heterocycles. The molecule has 0 spiro atoms. The summed E-state index contributed by atoms with van der Waals surface area (Å²) in [4.78, 5) is 44.3. The van der Waals surface area contributed by atoms with Gasteiger partial charge >= 0.3 is 12.1 Å². The molecule has 1 aromatic carbocycles. The molecule has 0 saturated carbocycles. The molecule has 0 radical (unpaired) electrons. The number of aliphatic imine (C=N–C) groups is 1. The van der Waals surface area contributed by atoms with Gasteiger partial charge in [-0.2, -0.15) is 4.98 Å². The van der Waals surface area contributed by atoms with Crippen LogP contribution < -0.4 is 14.5 Å². The fourth-order valence-electron chi connectivity index (χ4n) is 4.36. The number of ether oxygens (including phenoxy) is 2. The third-order valence-electron chi connectivity index (χ3n) is 6.16. The molecule has 0 fully saturated rings. The Morgan fingerprint density at radius 3 is 2.49 bits per heavy atom. The van der Waals surface area contributed by atoms with Gasteiger partial charge in [-0.15, -0.1) is 0 Å². The van der Waals surface area contributed by atoms with E-state index in [4.69, 9.17) is 14.5 Å². The first kappa shape index (κ1) is 27.8. The fraction of sp³-hybridized carbons (Fsp3) is 0.414.